The summed E-state index contributed by atoms with van der Waals surface area (Å²) < 4.78 is 0. The van der Waals surface area contributed by atoms with Crippen LogP contribution in [0, 0.1) is 0 Å². The van der Waals surface area contributed by atoms with Crippen LogP contribution in [0.2, 0.25) is 0 Å². The maximum Gasteiger partial charge on any atom is 0.0529 e. The largest absolute Gasteiger partial charge is 0.329 e. The summed E-state index contributed by atoms with van der Waals surface area (Å²) in [5.41, 5.74) is 6.95. The van der Waals surface area contributed by atoms with Crippen molar-refractivity contribution >= 4 is 0 Å². The molecule has 0 radical (unpaired) electrons. The summed E-state index contributed by atoms with van der Waals surface area (Å²) in [5.74, 6) is 0. The molecular weight excluding hydrogens is 196 g/mol. The molecule has 0 amide bonds. The molecule has 0 heterocycles. The smallest absolute Gasteiger partial charge is 0.0529 e. The van der Waals surface area contributed by atoms with Crippen LogP contribution in [0.15, 0.2) is 43.0 Å². The normalized spacial score (nSPS) is 12.7. The topological polar surface area (TPSA) is 29.3 Å². The second-order valence-electron chi connectivity index (χ2n) is 3.92. The van der Waals surface area contributed by atoms with Crippen LogP contribution in [0.4, 0.5) is 0 Å². The maximum atomic E-state index is 5.65. The van der Waals surface area contributed by atoms with Gasteiger partial charge in [-0.25, -0.2) is 0 Å². The van der Waals surface area contributed by atoms with E-state index in [1.54, 1.807) is 0 Å². The summed E-state index contributed by atoms with van der Waals surface area (Å²) in [5, 5.41) is 0. The van der Waals surface area contributed by atoms with E-state index in [9.17, 15) is 0 Å². The Morgan fingerprint density at radius 1 is 1.31 bits per heavy atom. The SMILES string of the molecule is C=CC(c1ccccc1)N(CCC)CCN. The van der Waals surface area contributed by atoms with Gasteiger partial charge in [-0.05, 0) is 18.5 Å². The third kappa shape index (κ3) is 3.47. The van der Waals surface area contributed by atoms with Crippen LogP contribution in [-0.2, 0) is 0 Å². The van der Waals surface area contributed by atoms with E-state index in [-0.39, 0.29) is 6.04 Å². The molecule has 88 valence electrons. The van der Waals surface area contributed by atoms with Crippen molar-refractivity contribution in [3.8, 4) is 0 Å². The molecule has 0 aliphatic heterocycles. The summed E-state index contributed by atoms with van der Waals surface area (Å²) in [7, 11) is 0. The molecule has 1 aromatic carbocycles. The van der Waals surface area contributed by atoms with Crippen molar-refractivity contribution in [2.45, 2.75) is 19.4 Å². The minimum Gasteiger partial charge on any atom is -0.329 e. The van der Waals surface area contributed by atoms with Crippen molar-refractivity contribution in [3.63, 3.8) is 0 Å². The fraction of sp³-hybridized carbons (Fsp3) is 0.429. The third-order valence-corrected chi connectivity index (χ3v) is 2.68. The van der Waals surface area contributed by atoms with E-state index in [2.05, 4.69) is 42.7 Å². The van der Waals surface area contributed by atoms with Gasteiger partial charge in [-0.15, -0.1) is 6.58 Å². The molecule has 0 saturated carbocycles. The van der Waals surface area contributed by atoms with E-state index in [1.165, 1.54) is 5.56 Å². The highest BCUT2D eigenvalue weighted by molar-refractivity contribution is 5.22. The summed E-state index contributed by atoms with van der Waals surface area (Å²) in [6.45, 7) is 8.80. The summed E-state index contributed by atoms with van der Waals surface area (Å²) >= 11 is 0. The Morgan fingerprint density at radius 3 is 2.50 bits per heavy atom. The Kier molecular flexibility index (Phi) is 5.83. The van der Waals surface area contributed by atoms with Crippen LogP contribution >= 0.6 is 0 Å². The van der Waals surface area contributed by atoms with Gasteiger partial charge in [0.2, 0.25) is 0 Å². The molecule has 0 spiro atoms. The fourth-order valence-electron chi connectivity index (χ4n) is 1.99. The van der Waals surface area contributed by atoms with Gasteiger partial charge in [-0.3, -0.25) is 4.90 Å². The number of benzene rings is 1. The Balaban J connectivity index is 2.81. The first kappa shape index (κ1) is 12.9. The molecule has 1 unspecified atom stereocenters. The van der Waals surface area contributed by atoms with E-state index in [4.69, 9.17) is 5.73 Å². The van der Waals surface area contributed by atoms with Gasteiger partial charge in [-0.2, -0.15) is 0 Å². The lowest BCUT2D eigenvalue weighted by Gasteiger charge is -2.29. The lowest BCUT2D eigenvalue weighted by Crippen LogP contribution is -2.33. The average molecular weight is 218 g/mol. The van der Waals surface area contributed by atoms with Gasteiger partial charge in [0.1, 0.15) is 0 Å². The molecule has 2 nitrogen and oxygen atoms in total. The zero-order valence-electron chi connectivity index (χ0n) is 10.1. The van der Waals surface area contributed by atoms with Crippen LogP contribution in [0.5, 0.6) is 0 Å². The second kappa shape index (κ2) is 7.20. The van der Waals surface area contributed by atoms with Gasteiger partial charge in [0.05, 0.1) is 6.04 Å². The summed E-state index contributed by atoms with van der Waals surface area (Å²) in [6, 6.07) is 10.7. The van der Waals surface area contributed by atoms with Gasteiger partial charge in [0.25, 0.3) is 0 Å². The van der Waals surface area contributed by atoms with Gasteiger partial charge in [0.15, 0.2) is 0 Å². The molecule has 0 fully saturated rings. The zero-order valence-corrected chi connectivity index (χ0v) is 10.1. The minimum absolute atomic E-state index is 0.282. The Labute approximate surface area is 98.8 Å². The van der Waals surface area contributed by atoms with E-state index < -0.39 is 0 Å². The van der Waals surface area contributed by atoms with Crippen LogP contribution in [0.3, 0.4) is 0 Å². The lowest BCUT2D eigenvalue weighted by atomic mass is 10.1. The number of nitrogens with zero attached hydrogens (tertiary/aromatic N) is 1. The number of nitrogens with two attached hydrogens (primary N) is 1. The monoisotopic (exact) mass is 218 g/mol. The minimum atomic E-state index is 0.282. The van der Waals surface area contributed by atoms with Crippen LogP contribution in [0.1, 0.15) is 24.9 Å². The van der Waals surface area contributed by atoms with E-state index in [1.807, 2.05) is 12.1 Å². The molecule has 1 atom stereocenters. The van der Waals surface area contributed by atoms with Crippen LogP contribution in [0.25, 0.3) is 0 Å². The molecule has 0 saturated heterocycles. The first-order valence-corrected chi connectivity index (χ1v) is 5.95. The highest BCUT2D eigenvalue weighted by atomic mass is 15.2. The van der Waals surface area contributed by atoms with Gasteiger partial charge >= 0.3 is 0 Å². The third-order valence-electron chi connectivity index (χ3n) is 2.68. The Hall–Kier alpha value is -1.12. The molecule has 2 N–H and O–H groups in total. The first-order chi connectivity index (χ1) is 7.83. The quantitative estimate of drug-likeness (QED) is 0.713. The first-order valence-electron chi connectivity index (χ1n) is 5.95. The number of rotatable bonds is 7. The van der Waals surface area contributed by atoms with Gasteiger partial charge < -0.3 is 5.73 Å². The van der Waals surface area contributed by atoms with E-state index in [0.29, 0.717) is 6.54 Å². The van der Waals surface area contributed by atoms with Crippen LogP contribution < -0.4 is 5.73 Å². The van der Waals surface area contributed by atoms with Crippen molar-refractivity contribution in [3.05, 3.63) is 48.6 Å². The van der Waals surface area contributed by atoms with Crippen molar-refractivity contribution in [1.82, 2.24) is 4.90 Å². The van der Waals surface area contributed by atoms with Crippen molar-refractivity contribution in [2.24, 2.45) is 5.73 Å². The molecule has 1 rings (SSSR count). The standard InChI is InChI=1S/C14H22N2/c1-3-11-16(12-10-15)14(4-2)13-8-6-5-7-9-13/h4-9,14H,2-3,10-12,15H2,1H3. The Morgan fingerprint density at radius 2 is 2.00 bits per heavy atom. The van der Waals surface area contributed by atoms with E-state index >= 15 is 0 Å². The summed E-state index contributed by atoms with van der Waals surface area (Å²) in [6.07, 6.45) is 3.14. The molecule has 16 heavy (non-hydrogen) atoms. The van der Waals surface area contributed by atoms with Gasteiger partial charge in [-0.1, -0.05) is 43.3 Å². The molecule has 1 aromatic rings. The average Bonchev–Trinajstić information content (AvgIpc) is 2.32. The molecule has 0 bridgehead atoms. The number of hydrogen-bond donors (Lipinski definition) is 1. The highest BCUT2D eigenvalue weighted by Crippen LogP contribution is 2.21. The predicted octanol–water partition coefficient (Wildman–Crippen LogP) is 2.58. The molecule has 0 aliphatic rings. The fourth-order valence-corrected chi connectivity index (χ4v) is 1.99. The molecule has 0 aromatic heterocycles. The molecule has 2 heteroatoms. The number of hydrogen-bond acceptors (Lipinski definition) is 2. The lowest BCUT2D eigenvalue weighted by molar-refractivity contribution is 0.238. The molecular formula is C14H22N2. The summed E-state index contributed by atoms with van der Waals surface area (Å²) in [4.78, 5) is 2.38. The maximum absolute atomic E-state index is 5.65. The van der Waals surface area contributed by atoms with Gasteiger partial charge in [0, 0.05) is 13.1 Å². The van der Waals surface area contributed by atoms with Crippen LogP contribution in [-0.4, -0.2) is 24.5 Å². The second-order valence-corrected chi connectivity index (χ2v) is 3.92. The van der Waals surface area contributed by atoms with E-state index in [0.717, 1.165) is 19.5 Å². The van der Waals surface area contributed by atoms with Crippen molar-refractivity contribution in [1.29, 1.82) is 0 Å². The Bertz CT molecular complexity index is 289. The van der Waals surface area contributed by atoms with Crippen molar-refractivity contribution < 1.29 is 0 Å². The highest BCUT2D eigenvalue weighted by Gasteiger charge is 2.15. The van der Waals surface area contributed by atoms with Crippen molar-refractivity contribution in [2.75, 3.05) is 19.6 Å². The molecule has 0 aliphatic carbocycles. The zero-order chi connectivity index (χ0) is 11.8. The predicted molar refractivity (Wildman–Crippen MR) is 70.3 cm³/mol.